The molecule has 152 valence electrons. The second-order valence-corrected chi connectivity index (χ2v) is 7.53. The van der Waals surface area contributed by atoms with Crippen LogP contribution in [0.1, 0.15) is 18.9 Å². The average Bonchev–Trinajstić information content (AvgIpc) is 3.07. The van der Waals surface area contributed by atoms with Crippen LogP contribution in [0.15, 0.2) is 53.7 Å². The van der Waals surface area contributed by atoms with Crippen LogP contribution in [-0.4, -0.2) is 33.5 Å². The van der Waals surface area contributed by atoms with E-state index in [1.54, 1.807) is 31.4 Å². The van der Waals surface area contributed by atoms with E-state index in [2.05, 4.69) is 15.5 Å². The summed E-state index contributed by atoms with van der Waals surface area (Å²) >= 11 is 7.29. The molecule has 1 N–H and O–H groups in total. The number of anilines is 1. The van der Waals surface area contributed by atoms with Gasteiger partial charge >= 0.3 is 0 Å². The Kier molecular flexibility index (Phi) is 7.00. The highest BCUT2D eigenvalue weighted by Crippen LogP contribution is 2.26. The van der Waals surface area contributed by atoms with Crippen LogP contribution in [0, 0.1) is 0 Å². The number of ether oxygens (including phenoxy) is 2. The first-order chi connectivity index (χ1) is 14.0. The van der Waals surface area contributed by atoms with Crippen LogP contribution in [0.25, 0.3) is 0 Å². The molecule has 0 radical (unpaired) electrons. The van der Waals surface area contributed by atoms with Crippen LogP contribution in [0.5, 0.6) is 11.5 Å². The number of nitrogens with one attached hydrogen (secondary N) is 1. The Bertz CT molecular complexity index is 995. The van der Waals surface area contributed by atoms with Crippen LogP contribution >= 0.6 is 23.4 Å². The predicted octanol–water partition coefficient (Wildman–Crippen LogP) is 4.35. The van der Waals surface area contributed by atoms with Crippen LogP contribution in [0.3, 0.4) is 0 Å². The van der Waals surface area contributed by atoms with Crippen LogP contribution in [0.2, 0.25) is 5.02 Å². The van der Waals surface area contributed by atoms with E-state index in [1.165, 1.54) is 11.8 Å². The molecule has 0 aliphatic rings. The Morgan fingerprint density at radius 3 is 2.79 bits per heavy atom. The number of nitrogens with zero attached hydrogens (tertiary/aromatic N) is 3. The molecule has 1 aromatic heterocycles. The van der Waals surface area contributed by atoms with Gasteiger partial charge in [-0.2, -0.15) is 0 Å². The van der Waals surface area contributed by atoms with Gasteiger partial charge in [0.25, 0.3) is 0 Å². The zero-order valence-electron chi connectivity index (χ0n) is 16.3. The number of benzene rings is 2. The van der Waals surface area contributed by atoms with E-state index in [0.717, 1.165) is 0 Å². The van der Waals surface area contributed by atoms with E-state index in [4.69, 9.17) is 21.1 Å². The molecule has 2 aromatic carbocycles. The topological polar surface area (TPSA) is 78.3 Å². The number of carbonyl (C=O) groups is 1. The second kappa shape index (κ2) is 9.67. The third-order valence-electron chi connectivity index (χ3n) is 4.05. The number of aromatic nitrogens is 3. The molecule has 9 heteroatoms. The second-order valence-electron chi connectivity index (χ2n) is 6.15. The number of rotatable bonds is 8. The molecule has 3 rings (SSSR count). The molecule has 7 nitrogen and oxygen atoms in total. The summed E-state index contributed by atoms with van der Waals surface area (Å²) in [7, 11) is 3.40. The molecular formula is C20H21ClN4O3S. The van der Waals surface area contributed by atoms with Crippen molar-refractivity contribution in [2.75, 3.05) is 18.2 Å². The third kappa shape index (κ3) is 5.42. The van der Waals surface area contributed by atoms with Crippen molar-refractivity contribution in [3.63, 3.8) is 0 Å². The van der Waals surface area contributed by atoms with Crippen molar-refractivity contribution in [1.29, 1.82) is 0 Å². The maximum absolute atomic E-state index is 12.3. The maximum Gasteiger partial charge on any atom is 0.234 e. The molecule has 1 unspecified atom stereocenters. The van der Waals surface area contributed by atoms with Crippen molar-refractivity contribution in [3.05, 3.63) is 59.4 Å². The van der Waals surface area contributed by atoms with Gasteiger partial charge in [0.1, 0.15) is 11.5 Å². The van der Waals surface area contributed by atoms with Crippen LogP contribution in [0.4, 0.5) is 5.69 Å². The molecule has 0 bridgehead atoms. The lowest BCUT2D eigenvalue weighted by atomic mass is 10.3. The Balaban J connectivity index is 1.59. The summed E-state index contributed by atoms with van der Waals surface area (Å²) in [5.41, 5.74) is 0.628. The zero-order valence-corrected chi connectivity index (χ0v) is 17.8. The highest BCUT2D eigenvalue weighted by molar-refractivity contribution is 7.99. The molecule has 3 aromatic rings. The Morgan fingerprint density at radius 1 is 1.24 bits per heavy atom. The monoisotopic (exact) mass is 432 g/mol. The summed E-state index contributed by atoms with van der Waals surface area (Å²) in [4.78, 5) is 12.3. The molecule has 1 amide bonds. The van der Waals surface area contributed by atoms with Crippen molar-refractivity contribution in [2.24, 2.45) is 7.05 Å². The highest BCUT2D eigenvalue weighted by atomic mass is 35.5. The quantitative estimate of drug-likeness (QED) is 0.533. The van der Waals surface area contributed by atoms with Gasteiger partial charge in [0.2, 0.25) is 5.91 Å². The van der Waals surface area contributed by atoms with Crippen molar-refractivity contribution in [2.45, 2.75) is 18.2 Å². The smallest absolute Gasteiger partial charge is 0.234 e. The van der Waals surface area contributed by atoms with Crippen molar-refractivity contribution < 1.29 is 14.3 Å². The Morgan fingerprint density at radius 2 is 2.03 bits per heavy atom. The van der Waals surface area contributed by atoms with Crippen molar-refractivity contribution >= 4 is 35.0 Å². The molecular weight excluding hydrogens is 412 g/mol. The Labute approximate surface area is 178 Å². The molecule has 29 heavy (non-hydrogen) atoms. The minimum Gasteiger partial charge on any atom is -0.495 e. The van der Waals surface area contributed by atoms with Crippen LogP contribution < -0.4 is 14.8 Å². The lowest BCUT2D eigenvalue weighted by Gasteiger charge is -2.14. The van der Waals surface area contributed by atoms with E-state index < -0.39 is 0 Å². The van der Waals surface area contributed by atoms with E-state index in [1.807, 2.05) is 42.8 Å². The average molecular weight is 433 g/mol. The SMILES string of the molecule is COc1ccccc1NC(=O)CSc1nnc(C(C)Oc2cccc(Cl)c2)n1C. The molecule has 0 fully saturated rings. The molecule has 0 aliphatic heterocycles. The van der Waals surface area contributed by atoms with Gasteiger partial charge in [-0.1, -0.05) is 41.6 Å². The lowest BCUT2D eigenvalue weighted by Crippen LogP contribution is -2.15. The first-order valence-electron chi connectivity index (χ1n) is 8.85. The van der Waals surface area contributed by atoms with Gasteiger partial charge in [-0.05, 0) is 37.3 Å². The van der Waals surface area contributed by atoms with Gasteiger partial charge in [-0.15, -0.1) is 10.2 Å². The van der Waals surface area contributed by atoms with Crippen molar-refractivity contribution in [3.8, 4) is 11.5 Å². The third-order valence-corrected chi connectivity index (χ3v) is 5.31. The molecule has 0 saturated carbocycles. The molecule has 0 spiro atoms. The van der Waals surface area contributed by atoms with Gasteiger partial charge < -0.3 is 19.4 Å². The lowest BCUT2D eigenvalue weighted by molar-refractivity contribution is -0.113. The van der Waals surface area contributed by atoms with Crippen molar-refractivity contribution in [1.82, 2.24) is 14.8 Å². The number of carbonyl (C=O) groups excluding carboxylic acids is 1. The van der Waals surface area contributed by atoms with Gasteiger partial charge in [0.05, 0.1) is 18.6 Å². The van der Waals surface area contributed by atoms with Gasteiger partial charge in [-0.25, -0.2) is 0 Å². The fraction of sp³-hybridized carbons (Fsp3) is 0.250. The Hall–Kier alpha value is -2.71. The number of para-hydroxylation sites is 2. The van der Waals surface area contributed by atoms with Gasteiger partial charge in [-0.3, -0.25) is 4.79 Å². The number of halogens is 1. The molecule has 1 atom stereocenters. The summed E-state index contributed by atoms with van der Waals surface area (Å²) < 4.78 is 13.0. The number of methoxy groups -OCH3 is 1. The number of amides is 1. The summed E-state index contributed by atoms with van der Waals surface area (Å²) in [6.45, 7) is 1.88. The van der Waals surface area contributed by atoms with E-state index in [9.17, 15) is 4.79 Å². The maximum atomic E-state index is 12.3. The van der Waals surface area contributed by atoms with E-state index >= 15 is 0 Å². The van der Waals surface area contributed by atoms with Gasteiger partial charge in [0, 0.05) is 12.1 Å². The normalized spacial score (nSPS) is 11.7. The fourth-order valence-corrected chi connectivity index (χ4v) is 3.57. The predicted molar refractivity (Wildman–Crippen MR) is 114 cm³/mol. The number of hydrogen-bond acceptors (Lipinski definition) is 6. The summed E-state index contributed by atoms with van der Waals surface area (Å²) in [5, 5.41) is 12.4. The highest BCUT2D eigenvalue weighted by Gasteiger charge is 2.18. The zero-order chi connectivity index (χ0) is 20.8. The number of hydrogen-bond donors (Lipinski definition) is 1. The number of thioether (sulfide) groups is 1. The minimum atomic E-state index is -0.331. The molecule has 0 aliphatic carbocycles. The van der Waals surface area contributed by atoms with Gasteiger partial charge in [0.15, 0.2) is 17.1 Å². The minimum absolute atomic E-state index is 0.160. The van der Waals surface area contributed by atoms with E-state index in [0.29, 0.717) is 33.2 Å². The first-order valence-corrected chi connectivity index (χ1v) is 10.2. The molecule has 1 heterocycles. The summed E-state index contributed by atoms with van der Waals surface area (Å²) in [5.74, 6) is 1.94. The first kappa shape index (κ1) is 21.0. The molecule has 0 saturated heterocycles. The summed E-state index contributed by atoms with van der Waals surface area (Å²) in [6.07, 6.45) is -0.331. The largest absolute Gasteiger partial charge is 0.495 e. The van der Waals surface area contributed by atoms with E-state index in [-0.39, 0.29) is 17.8 Å². The standard InChI is InChI=1S/C20H21ClN4O3S/c1-13(28-15-8-6-7-14(21)11-15)19-23-24-20(25(19)2)29-12-18(26)22-16-9-4-5-10-17(16)27-3/h4-11,13H,12H2,1-3H3,(H,22,26). The fourth-order valence-electron chi connectivity index (χ4n) is 2.67. The summed E-state index contributed by atoms with van der Waals surface area (Å²) in [6, 6.07) is 14.4. The van der Waals surface area contributed by atoms with Crippen LogP contribution in [-0.2, 0) is 11.8 Å².